The molecule has 142 valence electrons. The Labute approximate surface area is 159 Å². The van der Waals surface area contributed by atoms with E-state index in [1.165, 1.54) is 15.3 Å². The fourth-order valence-electron chi connectivity index (χ4n) is 2.92. The number of benzene rings is 1. The van der Waals surface area contributed by atoms with E-state index in [1.54, 1.807) is 43.5 Å². The number of nitrogens with zero attached hydrogens (tertiary/aromatic N) is 5. The van der Waals surface area contributed by atoms with E-state index in [2.05, 4.69) is 15.3 Å². The van der Waals surface area contributed by atoms with Crippen molar-refractivity contribution < 1.29 is 14.3 Å². The maximum atomic E-state index is 12.9. The summed E-state index contributed by atoms with van der Waals surface area (Å²) in [5, 5.41) is 12.2. The molecule has 0 saturated heterocycles. The van der Waals surface area contributed by atoms with Gasteiger partial charge in [-0.2, -0.15) is 5.10 Å². The van der Waals surface area contributed by atoms with Crippen LogP contribution in [-0.4, -0.2) is 43.6 Å². The van der Waals surface area contributed by atoms with E-state index >= 15 is 0 Å². The van der Waals surface area contributed by atoms with E-state index < -0.39 is 5.97 Å². The van der Waals surface area contributed by atoms with Crippen LogP contribution in [0.25, 0.3) is 22.4 Å². The van der Waals surface area contributed by atoms with Gasteiger partial charge in [0.2, 0.25) is 0 Å². The topological polar surface area (TPSA) is 101 Å². The minimum Gasteiger partial charge on any atom is -0.494 e. The summed E-state index contributed by atoms with van der Waals surface area (Å²) in [5.74, 6) is 0.193. The molecule has 4 rings (SSSR count). The zero-order valence-corrected chi connectivity index (χ0v) is 15.3. The smallest absolute Gasteiger partial charge is 0.343 e. The van der Waals surface area contributed by atoms with Crippen molar-refractivity contribution in [3.05, 3.63) is 58.6 Å². The summed E-state index contributed by atoms with van der Waals surface area (Å²) in [6, 6.07) is 8.87. The molecule has 0 bridgehead atoms. The molecule has 0 spiro atoms. The number of fused-ring (bicyclic) bond motifs is 3. The zero-order valence-electron chi connectivity index (χ0n) is 15.3. The molecule has 9 nitrogen and oxygen atoms in total. The SMILES string of the molecule is CCOC(=O)c1cnn2c1nnc1c(=O)n(-c3ccc(OCC)cc3)ccc12. The van der Waals surface area contributed by atoms with Crippen LogP contribution in [0.2, 0.25) is 0 Å². The van der Waals surface area contributed by atoms with Crippen molar-refractivity contribution in [1.29, 1.82) is 0 Å². The number of esters is 1. The summed E-state index contributed by atoms with van der Waals surface area (Å²) >= 11 is 0. The van der Waals surface area contributed by atoms with E-state index in [0.717, 1.165) is 5.75 Å². The summed E-state index contributed by atoms with van der Waals surface area (Å²) in [5.41, 5.74) is 1.36. The van der Waals surface area contributed by atoms with Crippen LogP contribution in [0.3, 0.4) is 0 Å². The third-order valence-electron chi connectivity index (χ3n) is 4.18. The molecule has 3 heterocycles. The molecule has 28 heavy (non-hydrogen) atoms. The van der Waals surface area contributed by atoms with Crippen molar-refractivity contribution in [2.75, 3.05) is 13.2 Å². The van der Waals surface area contributed by atoms with Crippen LogP contribution in [-0.2, 0) is 4.74 Å². The van der Waals surface area contributed by atoms with Gasteiger partial charge >= 0.3 is 5.97 Å². The van der Waals surface area contributed by atoms with Crippen LogP contribution in [0.15, 0.2) is 47.5 Å². The van der Waals surface area contributed by atoms with Crippen LogP contribution in [0.5, 0.6) is 5.75 Å². The monoisotopic (exact) mass is 379 g/mol. The molecule has 0 saturated carbocycles. The number of pyridine rings is 1. The fourth-order valence-corrected chi connectivity index (χ4v) is 2.92. The molecule has 0 atom stereocenters. The Morgan fingerprint density at radius 3 is 2.57 bits per heavy atom. The number of carbonyl (C=O) groups excluding carboxylic acids is 1. The summed E-state index contributed by atoms with van der Waals surface area (Å²) in [4.78, 5) is 24.9. The first kappa shape index (κ1) is 17.7. The van der Waals surface area contributed by atoms with Crippen molar-refractivity contribution in [2.24, 2.45) is 0 Å². The zero-order chi connectivity index (χ0) is 19.7. The van der Waals surface area contributed by atoms with Gasteiger partial charge in [0.25, 0.3) is 5.56 Å². The third-order valence-corrected chi connectivity index (χ3v) is 4.18. The van der Waals surface area contributed by atoms with Crippen molar-refractivity contribution in [1.82, 2.24) is 24.4 Å². The van der Waals surface area contributed by atoms with E-state index in [1.807, 2.05) is 6.92 Å². The molecule has 0 amide bonds. The highest BCUT2D eigenvalue weighted by Gasteiger charge is 2.18. The molecule has 0 radical (unpaired) electrons. The molecule has 1 aromatic carbocycles. The average Bonchev–Trinajstić information content (AvgIpc) is 3.14. The van der Waals surface area contributed by atoms with Gasteiger partial charge in [-0.25, -0.2) is 9.31 Å². The standard InChI is InChI=1S/C19H17N5O4/c1-3-27-13-7-5-12(6-8-13)23-10-9-15-16(18(23)25)21-22-17-14(11-20-24(15)17)19(26)28-4-2/h5-11H,3-4H2,1-2H3. The highest BCUT2D eigenvalue weighted by molar-refractivity contribution is 5.96. The highest BCUT2D eigenvalue weighted by atomic mass is 16.5. The van der Waals surface area contributed by atoms with Gasteiger partial charge in [0.15, 0.2) is 11.2 Å². The largest absolute Gasteiger partial charge is 0.494 e. The molecule has 4 aromatic rings. The van der Waals surface area contributed by atoms with Crippen LogP contribution < -0.4 is 10.3 Å². The molecule has 0 aliphatic heterocycles. The number of ether oxygens (including phenoxy) is 2. The minimum absolute atomic E-state index is 0.141. The summed E-state index contributed by atoms with van der Waals surface area (Å²) < 4.78 is 13.3. The van der Waals surface area contributed by atoms with E-state index in [0.29, 0.717) is 17.8 Å². The number of carbonyl (C=O) groups is 1. The first-order valence-corrected chi connectivity index (χ1v) is 8.80. The Balaban J connectivity index is 1.82. The van der Waals surface area contributed by atoms with Gasteiger partial charge in [-0.3, -0.25) is 9.36 Å². The molecular formula is C19H17N5O4. The van der Waals surface area contributed by atoms with Gasteiger partial charge in [-0.1, -0.05) is 0 Å². The van der Waals surface area contributed by atoms with Gasteiger partial charge < -0.3 is 9.47 Å². The van der Waals surface area contributed by atoms with Crippen molar-refractivity contribution >= 4 is 22.6 Å². The first-order chi connectivity index (χ1) is 13.6. The maximum absolute atomic E-state index is 12.9. The van der Waals surface area contributed by atoms with Crippen LogP contribution in [0.4, 0.5) is 0 Å². The van der Waals surface area contributed by atoms with Crippen LogP contribution in [0.1, 0.15) is 24.2 Å². The number of hydrogen-bond acceptors (Lipinski definition) is 7. The van der Waals surface area contributed by atoms with E-state index in [9.17, 15) is 9.59 Å². The van der Waals surface area contributed by atoms with Gasteiger partial charge in [0.05, 0.1) is 19.4 Å². The van der Waals surface area contributed by atoms with Crippen molar-refractivity contribution in [3.63, 3.8) is 0 Å². The lowest BCUT2D eigenvalue weighted by molar-refractivity contribution is 0.0528. The van der Waals surface area contributed by atoms with Gasteiger partial charge in [-0.05, 0) is 44.2 Å². The van der Waals surface area contributed by atoms with Crippen LogP contribution in [0, 0.1) is 0 Å². The summed E-state index contributed by atoms with van der Waals surface area (Å²) in [7, 11) is 0. The molecule has 0 aliphatic carbocycles. The van der Waals surface area contributed by atoms with Crippen molar-refractivity contribution in [2.45, 2.75) is 13.8 Å². The second-order valence-electron chi connectivity index (χ2n) is 5.87. The Bertz CT molecular complexity index is 1230. The van der Waals surface area contributed by atoms with Crippen LogP contribution >= 0.6 is 0 Å². The van der Waals surface area contributed by atoms with Gasteiger partial charge in [-0.15, -0.1) is 10.2 Å². The lowest BCUT2D eigenvalue weighted by Gasteiger charge is -2.09. The van der Waals surface area contributed by atoms with Gasteiger partial charge in [0.1, 0.15) is 16.8 Å². The molecule has 0 aliphatic rings. The van der Waals surface area contributed by atoms with E-state index in [4.69, 9.17) is 9.47 Å². The molecule has 0 unspecified atom stereocenters. The first-order valence-electron chi connectivity index (χ1n) is 8.80. The Kier molecular flexibility index (Phi) is 4.48. The highest BCUT2D eigenvalue weighted by Crippen LogP contribution is 2.17. The summed E-state index contributed by atoms with van der Waals surface area (Å²) in [6.07, 6.45) is 2.99. The van der Waals surface area contributed by atoms with E-state index in [-0.39, 0.29) is 28.9 Å². The Morgan fingerprint density at radius 1 is 1.07 bits per heavy atom. The lowest BCUT2D eigenvalue weighted by Crippen LogP contribution is -2.20. The second kappa shape index (κ2) is 7.10. The quantitative estimate of drug-likeness (QED) is 0.489. The maximum Gasteiger partial charge on any atom is 0.343 e. The molecule has 0 fully saturated rings. The summed E-state index contributed by atoms with van der Waals surface area (Å²) in [6.45, 7) is 4.43. The fraction of sp³-hybridized carbons (Fsp3) is 0.211. The molecule has 3 aromatic heterocycles. The Hall–Kier alpha value is -3.75. The predicted octanol–water partition coefficient (Wildman–Crippen LogP) is 2.00. The molecular weight excluding hydrogens is 362 g/mol. The van der Waals surface area contributed by atoms with Crippen molar-refractivity contribution in [3.8, 4) is 11.4 Å². The third kappa shape index (κ3) is 2.86. The number of rotatable bonds is 5. The molecule has 0 N–H and O–H groups in total. The average molecular weight is 379 g/mol. The van der Waals surface area contributed by atoms with Gasteiger partial charge in [0, 0.05) is 11.9 Å². The predicted molar refractivity (Wildman–Crippen MR) is 101 cm³/mol. The number of hydrogen-bond donors (Lipinski definition) is 0. The minimum atomic E-state index is -0.533. The lowest BCUT2D eigenvalue weighted by atomic mass is 10.3. The molecule has 9 heteroatoms. The second-order valence-corrected chi connectivity index (χ2v) is 5.87. The number of aromatic nitrogens is 5. The Morgan fingerprint density at radius 2 is 1.86 bits per heavy atom. The normalized spacial score (nSPS) is 11.1.